The Hall–Kier alpha value is 0.170. The Morgan fingerprint density at radius 1 is 1.04 bits per heavy atom. The smallest absolute Gasteiger partial charge is 0.256 e. The third kappa shape index (κ3) is 3.58. The molecule has 1 aliphatic carbocycles. The maximum Gasteiger partial charge on any atom is 0.264 e. The molecule has 0 N–H and O–H groups in total. The zero-order valence-electron chi connectivity index (χ0n) is 13.1. The third-order valence-electron chi connectivity index (χ3n) is 4.88. The second-order valence-corrected chi connectivity index (χ2v) is 10.6. The Morgan fingerprint density at radius 3 is 2.26 bits per heavy atom. The van der Waals surface area contributed by atoms with Crippen LogP contribution in [-0.4, -0.2) is 18.8 Å². The minimum atomic E-state index is -3.47. The van der Waals surface area contributed by atoms with E-state index in [1.807, 2.05) is 19.1 Å². The molecule has 0 bridgehead atoms. The van der Waals surface area contributed by atoms with Crippen LogP contribution >= 0.6 is 45.2 Å². The summed E-state index contributed by atoms with van der Waals surface area (Å²) in [5.41, 5.74) is 1.08. The lowest BCUT2D eigenvalue weighted by atomic mass is 9.83. The fourth-order valence-corrected chi connectivity index (χ4v) is 7.46. The summed E-state index contributed by atoms with van der Waals surface area (Å²) in [5.74, 6) is 0.487. The molecule has 1 aromatic carbocycles. The molecule has 0 spiro atoms. The fourth-order valence-electron chi connectivity index (χ4n) is 3.60. The van der Waals surface area contributed by atoms with Gasteiger partial charge >= 0.3 is 0 Å². The summed E-state index contributed by atoms with van der Waals surface area (Å²) in [4.78, 5) is 0.407. The van der Waals surface area contributed by atoms with E-state index in [1.54, 1.807) is 16.4 Å². The molecule has 23 heavy (non-hydrogen) atoms. The molecule has 1 atom stereocenters. The lowest BCUT2D eigenvalue weighted by molar-refractivity contribution is 0.237. The minimum Gasteiger partial charge on any atom is -0.256 e. The van der Waals surface area contributed by atoms with Crippen LogP contribution in [0.15, 0.2) is 36.4 Å². The number of hydrogen-bond donors (Lipinski definition) is 0. The SMILES string of the molecule is Cc1ccc(S(=O)(=O)N2C(I)=C(I)CC2C2CCCCC2)cc1. The van der Waals surface area contributed by atoms with Crippen molar-refractivity contribution in [2.24, 2.45) is 5.92 Å². The van der Waals surface area contributed by atoms with Gasteiger partial charge in [0.2, 0.25) is 0 Å². The van der Waals surface area contributed by atoms with Gasteiger partial charge in [-0.25, -0.2) is 8.42 Å². The predicted molar refractivity (Wildman–Crippen MR) is 110 cm³/mol. The van der Waals surface area contributed by atoms with Crippen molar-refractivity contribution in [3.63, 3.8) is 0 Å². The summed E-state index contributed by atoms with van der Waals surface area (Å²) in [6.07, 6.45) is 6.92. The molecular formula is C17H21I2NO2S. The van der Waals surface area contributed by atoms with Crippen molar-refractivity contribution in [3.05, 3.63) is 37.1 Å². The molecule has 3 rings (SSSR count). The van der Waals surface area contributed by atoms with Gasteiger partial charge in [0.15, 0.2) is 0 Å². The highest BCUT2D eigenvalue weighted by Gasteiger charge is 2.42. The third-order valence-corrected chi connectivity index (χ3v) is 10.2. The number of hydrogen-bond acceptors (Lipinski definition) is 2. The molecule has 1 aromatic rings. The molecule has 1 fully saturated rings. The van der Waals surface area contributed by atoms with Gasteiger partial charge in [0.25, 0.3) is 10.0 Å². The van der Waals surface area contributed by atoms with Crippen LogP contribution in [0.2, 0.25) is 0 Å². The maximum absolute atomic E-state index is 13.2. The summed E-state index contributed by atoms with van der Waals surface area (Å²) in [5, 5.41) is 0. The van der Waals surface area contributed by atoms with Crippen LogP contribution in [0.1, 0.15) is 44.1 Å². The van der Waals surface area contributed by atoms with Gasteiger partial charge in [-0.15, -0.1) is 0 Å². The van der Waals surface area contributed by atoms with Crippen molar-refractivity contribution in [2.75, 3.05) is 0 Å². The van der Waals surface area contributed by atoms with E-state index in [1.165, 1.54) is 22.8 Å². The first kappa shape index (κ1) is 18.0. The van der Waals surface area contributed by atoms with Gasteiger partial charge in [-0.05, 0) is 83.0 Å². The average Bonchev–Trinajstić information content (AvgIpc) is 2.85. The molecule has 2 aliphatic rings. The maximum atomic E-state index is 13.2. The summed E-state index contributed by atoms with van der Waals surface area (Å²) < 4.78 is 30.3. The molecule has 1 unspecified atom stereocenters. The summed E-state index contributed by atoms with van der Waals surface area (Å²) >= 11 is 4.52. The van der Waals surface area contributed by atoms with Gasteiger partial charge in [0.05, 0.1) is 14.6 Å². The number of sulfonamides is 1. The highest BCUT2D eigenvalue weighted by molar-refractivity contribution is 14.1. The largest absolute Gasteiger partial charge is 0.264 e. The topological polar surface area (TPSA) is 37.4 Å². The molecule has 0 amide bonds. The molecular weight excluding hydrogens is 536 g/mol. The minimum absolute atomic E-state index is 0.0976. The summed E-state index contributed by atoms with van der Waals surface area (Å²) in [6, 6.07) is 7.32. The number of rotatable bonds is 3. The van der Waals surface area contributed by atoms with E-state index in [4.69, 9.17) is 0 Å². The van der Waals surface area contributed by atoms with E-state index >= 15 is 0 Å². The van der Waals surface area contributed by atoms with E-state index in [2.05, 4.69) is 45.2 Å². The van der Waals surface area contributed by atoms with Crippen molar-refractivity contribution >= 4 is 55.2 Å². The second kappa shape index (κ2) is 7.19. The van der Waals surface area contributed by atoms with E-state index in [9.17, 15) is 8.42 Å². The van der Waals surface area contributed by atoms with Gasteiger partial charge in [-0.2, -0.15) is 0 Å². The number of halogens is 2. The zero-order valence-corrected chi connectivity index (χ0v) is 18.3. The molecule has 0 radical (unpaired) electrons. The first-order valence-corrected chi connectivity index (χ1v) is 11.7. The van der Waals surface area contributed by atoms with Gasteiger partial charge in [0, 0.05) is 10.0 Å². The van der Waals surface area contributed by atoms with Crippen LogP contribution in [0.3, 0.4) is 0 Å². The van der Waals surface area contributed by atoms with Crippen molar-refractivity contribution < 1.29 is 8.42 Å². The molecule has 6 heteroatoms. The van der Waals surface area contributed by atoms with Crippen molar-refractivity contribution in [1.29, 1.82) is 0 Å². The highest BCUT2D eigenvalue weighted by atomic mass is 127. The summed E-state index contributed by atoms with van der Waals surface area (Å²) in [6.45, 7) is 1.98. The Labute approximate surface area is 166 Å². The van der Waals surface area contributed by atoms with Crippen LogP contribution in [0.25, 0.3) is 0 Å². The zero-order chi connectivity index (χ0) is 16.6. The molecule has 1 aliphatic heterocycles. The Kier molecular flexibility index (Phi) is 5.62. The van der Waals surface area contributed by atoms with Gasteiger partial charge in [0.1, 0.15) is 0 Å². The molecule has 0 saturated heterocycles. The summed E-state index contributed by atoms with van der Waals surface area (Å²) in [7, 11) is -3.47. The lowest BCUT2D eigenvalue weighted by Gasteiger charge is -2.35. The van der Waals surface area contributed by atoms with E-state index in [-0.39, 0.29) is 6.04 Å². The van der Waals surface area contributed by atoms with Crippen LogP contribution in [0.4, 0.5) is 0 Å². The van der Waals surface area contributed by atoms with Crippen LogP contribution in [0.5, 0.6) is 0 Å². The molecule has 0 aromatic heterocycles. The molecule has 3 nitrogen and oxygen atoms in total. The van der Waals surface area contributed by atoms with E-state index in [0.717, 1.165) is 28.5 Å². The number of benzene rings is 1. The molecule has 1 heterocycles. The van der Waals surface area contributed by atoms with E-state index in [0.29, 0.717) is 10.8 Å². The first-order valence-electron chi connectivity index (χ1n) is 8.06. The van der Waals surface area contributed by atoms with Crippen LogP contribution in [0, 0.1) is 12.8 Å². The average molecular weight is 557 g/mol. The van der Waals surface area contributed by atoms with Crippen molar-refractivity contribution in [2.45, 2.75) is 56.4 Å². The Bertz CT molecular complexity index is 707. The normalized spacial score (nSPS) is 23.6. The second-order valence-electron chi connectivity index (χ2n) is 6.48. The highest BCUT2D eigenvalue weighted by Crippen LogP contribution is 2.45. The van der Waals surface area contributed by atoms with Crippen LogP contribution in [-0.2, 0) is 10.0 Å². The molecule has 126 valence electrons. The van der Waals surface area contributed by atoms with Crippen LogP contribution < -0.4 is 0 Å². The standard InChI is InChI=1S/C17H21I2NO2S/c1-12-7-9-14(10-8-12)23(21,22)20-16(11-15(18)17(20)19)13-5-3-2-4-6-13/h7-10,13,16H,2-6,11H2,1H3. The van der Waals surface area contributed by atoms with Gasteiger partial charge < -0.3 is 0 Å². The Morgan fingerprint density at radius 2 is 1.65 bits per heavy atom. The Balaban J connectivity index is 1.97. The van der Waals surface area contributed by atoms with Crippen molar-refractivity contribution in [1.82, 2.24) is 4.31 Å². The van der Waals surface area contributed by atoms with Crippen molar-refractivity contribution in [3.8, 4) is 0 Å². The quantitative estimate of drug-likeness (QED) is 0.370. The lowest BCUT2D eigenvalue weighted by Crippen LogP contribution is -2.40. The van der Waals surface area contributed by atoms with Gasteiger partial charge in [-0.3, -0.25) is 4.31 Å². The molecule has 1 saturated carbocycles. The number of nitrogens with zero attached hydrogens (tertiary/aromatic N) is 1. The predicted octanol–water partition coefficient (Wildman–Crippen LogP) is 5.38. The monoisotopic (exact) mass is 557 g/mol. The first-order chi connectivity index (χ1) is 10.9. The number of aryl methyl sites for hydroxylation is 1. The van der Waals surface area contributed by atoms with Gasteiger partial charge in [-0.1, -0.05) is 37.0 Å². The van der Waals surface area contributed by atoms with E-state index < -0.39 is 10.0 Å². The fraction of sp³-hybridized carbons (Fsp3) is 0.529.